The van der Waals surface area contributed by atoms with E-state index in [0.717, 1.165) is 46.8 Å². The number of nitrogens with one attached hydrogen (secondary N) is 2. The monoisotopic (exact) mass is 466 g/mol. The van der Waals surface area contributed by atoms with Gasteiger partial charge in [0.2, 0.25) is 0 Å². The molecule has 4 rings (SSSR count). The predicted molar refractivity (Wildman–Crippen MR) is 134 cm³/mol. The summed E-state index contributed by atoms with van der Waals surface area (Å²) in [6, 6.07) is 7.98. The molecule has 0 amide bonds. The SMILES string of the molecule is COc1cc2c(cc1OC)C(NNC1=NC(C)(C)Cc3cc(OC)c(OC)cc31)=NC(C)(C)C2. The van der Waals surface area contributed by atoms with Crippen LogP contribution in [0.15, 0.2) is 34.3 Å². The zero-order valence-electron chi connectivity index (χ0n) is 21.3. The van der Waals surface area contributed by atoms with Crippen LogP contribution in [0.25, 0.3) is 0 Å². The Labute approximate surface area is 201 Å². The van der Waals surface area contributed by atoms with Crippen molar-refractivity contribution in [1.29, 1.82) is 0 Å². The molecule has 0 unspecified atom stereocenters. The Morgan fingerprint density at radius 2 is 0.912 bits per heavy atom. The molecule has 0 fully saturated rings. The van der Waals surface area contributed by atoms with Crippen molar-refractivity contribution in [2.45, 2.75) is 51.6 Å². The summed E-state index contributed by atoms with van der Waals surface area (Å²) >= 11 is 0. The Hall–Kier alpha value is -3.42. The van der Waals surface area contributed by atoms with Gasteiger partial charge in [0.1, 0.15) is 11.7 Å². The van der Waals surface area contributed by atoms with Gasteiger partial charge in [-0.3, -0.25) is 20.8 Å². The summed E-state index contributed by atoms with van der Waals surface area (Å²) in [4.78, 5) is 9.94. The van der Waals surface area contributed by atoms with Gasteiger partial charge in [-0.2, -0.15) is 0 Å². The highest BCUT2D eigenvalue weighted by Gasteiger charge is 2.31. The fourth-order valence-electron chi connectivity index (χ4n) is 4.62. The first-order chi connectivity index (χ1) is 16.1. The number of aliphatic imine (C=N–C) groups is 2. The van der Waals surface area contributed by atoms with Gasteiger partial charge in [0.15, 0.2) is 23.0 Å². The molecule has 182 valence electrons. The van der Waals surface area contributed by atoms with Crippen molar-refractivity contribution in [3.05, 3.63) is 46.5 Å². The standard InChI is InChI=1S/C26H34N4O4/c1-25(2)13-15-9-19(31-5)21(33-7)11-17(15)23(27-25)29-30-24-18-12-22(34-8)20(32-6)10-16(18)14-26(3,4)28-24/h9-12H,13-14H2,1-8H3,(H,27,29)(H,28,30). The molecule has 0 aromatic heterocycles. The summed E-state index contributed by atoms with van der Waals surface area (Å²) in [6.45, 7) is 8.45. The van der Waals surface area contributed by atoms with Crippen molar-refractivity contribution in [2.75, 3.05) is 28.4 Å². The molecule has 2 N–H and O–H groups in total. The van der Waals surface area contributed by atoms with Crippen molar-refractivity contribution in [2.24, 2.45) is 9.98 Å². The lowest BCUT2D eigenvalue weighted by Gasteiger charge is -2.32. The molecule has 2 aliphatic rings. The number of fused-ring (bicyclic) bond motifs is 2. The maximum atomic E-state index is 5.54. The molecule has 0 aliphatic carbocycles. The molecular weight excluding hydrogens is 432 g/mol. The summed E-state index contributed by atoms with van der Waals surface area (Å²) in [6.07, 6.45) is 1.59. The first-order valence-corrected chi connectivity index (χ1v) is 11.3. The molecule has 0 atom stereocenters. The second kappa shape index (κ2) is 8.74. The quantitative estimate of drug-likeness (QED) is 0.669. The third-order valence-corrected chi connectivity index (χ3v) is 6.10. The Kier molecular flexibility index (Phi) is 6.10. The third kappa shape index (κ3) is 4.49. The molecule has 2 aromatic rings. The molecule has 8 heteroatoms. The topological polar surface area (TPSA) is 85.7 Å². The van der Waals surface area contributed by atoms with Crippen LogP contribution in [0.4, 0.5) is 0 Å². The average Bonchev–Trinajstić information content (AvgIpc) is 2.79. The van der Waals surface area contributed by atoms with Gasteiger partial charge in [-0.25, -0.2) is 0 Å². The first-order valence-electron chi connectivity index (χ1n) is 11.3. The van der Waals surface area contributed by atoms with Crippen LogP contribution in [-0.4, -0.2) is 51.2 Å². The van der Waals surface area contributed by atoms with Crippen LogP contribution in [0.3, 0.4) is 0 Å². The fraction of sp³-hybridized carbons (Fsp3) is 0.462. The second-order valence-corrected chi connectivity index (χ2v) is 9.88. The van der Waals surface area contributed by atoms with Gasteiger partial charge in [0, 0.05) is 11.1 Å². The van der Waals surface area contributed by atoms with E-state index in [4.69, 9.17) is 28.9 Å². The highest BCUT2D eigenvalue weighted by molar-refractivity contribution is 6.06. The van der Waals surface area contributed by atoms with Crippen molar-refractivity contribution in [3.63, 3.8) is 0 Å². The number of hydrogen-bond donors (Lipinski definition) is 2. The second-order valence-electron chi connectivity index (χ2n) is 9.88. The van der Waals surface area contributed by atoms with E-state index in [1.807, 2.05) is 24.3 Å². The summed E-state index contributed by atoms with van der Waals surface area (Å²) in [5, 5.41) is 0. The van der Waals surface area contributed by atoms with Gasteiger partial charge < -0.3 is 18.9 Å². The van der Waals surface area contributed by atoms with Crippen molar-refractivity contribution in [3.8, 4) is 23.0 Å². The minimum Gasteiger partial charge on any atom is -0.493 e. The molecule has 34 heavy (non-hydrogen) atoms. The van der Waals surface area contributed by atoms with E-state index in [0.29, 0.717) is 23.0 Å². The molecule has 0 radical (unpaired) electrons. The Bertz CT molecular complexity index is 1080. The van der Waals surface area contributed by atoms with Crippen LogP contribution in [0.5, 0.6) is 23.0 Å². The highest BCUT2D eigenvalue weighted by atomic mass is 16.5. The smallest absolute Gasteiger partial charge is 0.161 e. The lowest BCUT2D eigenvalue weighted by molar-refractivity contribution is 0.353. The third-order valence-electron chi connectivity index (χ3n) is 6.10. The largest absolute Gasteiger partial charge is 0.493 e. The van der Waals surface area contributed by atoms with Crippen LogP contribution in [0, 0.1) is 0 Å². The Balaban J connectivity index is 1.71. The van der Waals surface area contributed by atoms with Crippen LogP contribution < -0.4 is 29.8 Å². The van der Waals surface area contributed by atoms with Gasteiger partial charge in [0.05, 0.1) is 39.5 Å². The highest BCUT2D eigenvalue weighted by Crippen LogP contribution is 2.37. The number of nitrogens with zero attached hydrogens (tertiary/aromatic N) is 2. The molecule has 0 saturated heterocycles. The van der Waals surface area contributed by atoms with E-state index < -0.39 is 0 Å². The van der Waals surface area contributed by atoms with Gasteiger partial charge in [-0.15, -0.1) is 0 Å². The van der Waals surface area contributed by atoms with Gasteiger partial charge in [-0.1, -0.05) is 0 Å². The zero-order chi connectivity index (χ0) is 24.7. The minimum atomic E-state index is -0.279. The van der Waals surface area contributed by atoms with Crippen molar-refractivity contribution < 1.29 is 18.9 Å². The molecule has 8 nitrogen and oxygen atoms in total. The Morgan fingerprint density at radius 1 is 0.588 bits per heavy atom. The van der Waals surface area contributed by atoms with E-state index in [-0.39, 0.29) is 11.1 Å². The number of hydrogen-bond acceptors (Lipinski definition) is 8. The van der Waals surface area contributed by atoms with Crippen molar-refractivity contribution in [1.82, 2.24) is 10.9 Å². The summed E-state index contributed by atoms with van der Waals surface area (Å²) in [5.41, 5.74) is 10.3. The number of hydrazine groups is 1. The number of rotatable bonds is 4. The van der Waals surface area contributed by atoms with Crippen LogP contribution in [0.2, 0.25) is 0 Å². The van der Waals surface area contributed by atoms with E-state index in [1.54, 1.807) is 28.4 Å². The first kappa shape index (κ1) is 23.7. The normalized spacial score (nSPS) is 17.4. The lowest BCUT2D eigenvalue weighted by Crippen LogP contribution is -2.48. The summed E-state index contributed by atoms with van der Waals surface area (Å²) in [5.74, 6) is 4.18. The van der Waals surface area contributed by atoms with E-state index in [1.165, 1.54) is 0 Å². The van der Waals surface area contributed by atoms with E-state index in [2.05, 4.69) is 38.5 Å². The van der Waals surface area contributed by atoms with E-state index in [9.17, 15) is 0 Å². The molecule has 0 saturated carbocycles. The minimum absolute atomic E-state index is 0.279. The number of benzene rings is 2. The maximum absolute atomic E-state index is 5.54. The molecule has 2 aliphatic heterocycles. The molecule has 0 spiro atoms. The molecule has 2 heterocycles. The number of ether oxygens (including phenoxy) is 4. The zero-order valence-corrected chi connectivity index (χ0v) is 21.3. The molecule has 2 aromatic carbocycles. The van der Waals surface area contributed by atoms with E-state index >= 15 is 0 Å². The molecular formula is C26H34N4O4. The average molecular weight is 467 g/mol. The Morgan fingerprint density at radius 3 is 1.24 bits per heavy atom. The van der Waals surface area contributed by atoms with Gasteiger partial charge >= 0.3 is 0 Å². The fourth-order valence-corrected chi connectivity index (χ4v) is 4.62. The van der Waals surface area contributed by atoms with Gasteiger partial charge in [-0.05, 0) is 75.9 Å². The van der Waals surface area contributed by atoms with Gasteiger partial charge in [0.25, 0.3) is 0 Å². The maximum Gasteiger partial charge on any atom is 0.161 e. The summed E-state index contributed by atoms with van der Waals surface area (Å²) < 4.78 is 22.1. The van der Waals surface area contributed by atoms with Crippen LogP contribution >= 0.6 is 0 Å². The van der Waals surface area contributed by atoms with Crippen molar-refractivity contribution >= 4 is 11.7 Å². The summed E-state index contributed by atoms with van der Waals surface area (Å²) in [7, 11) is 6.57. The molecule has 0 bridgehead atoms. The number of amidine groups is 2. The predicted octanol–water partition coefficient (Wildman–Crippen LogP) is 3.68. The number of methoxy groups -OCH3 is 4. The lowest BCUT2D eigenvalue weighted by atomic mass is 9.88. The van der Waals surface area contributed by atoms with Crippen LogP contribution in [-0.2, 0) is 12.8 Å². The van der Waals surface area contributed by atoms with Crippen LogP contribution in [0.1, 0.15) is 49.9 Å².